The zero-order valence-electron chi connectivity index (χ0n) is 21.7. The maximum atomic E-state index is 8.75. The molecule has 1 N–H and O–H groups in total. The summed E-state index contributed by atoms with van der Waals surface area (Å²) in [6.07, 6.45) is 34.3. The van der Waals surface area contributed by atoms with Crippen LogP contribution in [0.15, 0.2) is 0 Å². The van der Waals surface area contributed by atoms with E-state index < -0.39 is 0 Å². The highest BCUT2D eigenvalue weighted by atomic mass is 16.5. The van der Waals surface area contributed by atoms with Gasteiger partial charge in [0.15, 0.2) is 0 Å². The summed E-state index contributed by atoms with van der Waals surface area (Å²) in [4.78, 5) is 0. The third kappa shape index (κ3) is 29.9. The molecule has 0 rings (SSSR count). The zero-order chi connectivity index (χ0) is 22.5. The Morgan fingerprint density at radius 1 is 0.355 bits per heavy atom. The van der Waals surface area contributed by atoms with Gasteiger partial charge in [-0.2, -0.15) is 0 Å². The predicted octanol–water partition coefficient (Wildman–Crippen LogP) is 9.77. The minimum Gasteiger partial charge on any atom is -0.396 e. The topological polar surface area (TPSA) is 29.5 Å². The molecular formula is C29H60O2. The second-order valence-corrected chi connectivity index (χ2v) is 9.82. The van der Waals surface area contributed by atoms with Gasteiger partial charge in [-0.1, -0.05) is 148 Å². The van der Waals surface area contributed by atoms with Gasteiger partial charge in [-0.3, -0.25) is 0 Å². The first-order chi connectivity index (χ1) is 15.4. The van der Waals surface area contributed by atoms with E-state index in [0.717, 1.165) is 19.6 Å². The zero-order valence-corrected chi connectivity index (χ0v) is 21.7. The van der Waals surface area contributed by atoms with Crippen LogP contribution in [-0.4, -0.2) is 24.9 Å². The molecule has 31 heavy (non-hydrogen) atoms. The van der Waals surface area contributed by atoms with Crippen molar-refractivity contribution in [2.24, 2.45) is 0 Å². The second-order valence-electron chi connectivity index (χ2n) is 9.82. The Morgan fingerprint density at radius 3 is 0.903 bits per heavy atom. The Hall–Kier alpha value is -0.0800. The number of ether oxygens (including phenoxy) is 1. The molecule has 0 aliphatic rings. The Labute approximate surface area is 197 Å². The highest BCUT2D eigenvalue weighted by Crippen LogP contribution is 2.13. The van der Waals surface area contributed by atoms with Gasteiger partial charge in [0.1, 0.15) is 0 Å². The van der Waals surface area contributed by atoms with Crippen molar-refractivity contribution in [3.05, 3.63) is 0 Å². The largest absolute Gasteiger partial charge is 0.396 e. The van der Waals surface area contributed by atoms with Crippen LogP contribution in [-0.2, 0) is 4.74 Å². The summed E-state index contributed by atoms with van der Waals surface area (Å²) >= 11 is 0. The summed E-state index contributed by atoms with van der Waals surface area (Å²) in [5.41, 5.74) is 0. The molecule has 0 aromatic rings. The van der Waals surface area contributed by atoms with Gasteiger partial charge in [-0.15, -0.1) is 0 Å². The van der Waals surface area contributed by atoms with E-state index in [9.17, 15) is 0 Å². The van der Waals surface area contributed by atoms with Crippen LogP contribution in [0, 0.1) is 0 Å². The van der Waals surface area contributed by atoms with Crippen LogP contribution in [0.2, 0.25) is 0 Å². The van der Waals surface area contributed by atoms with Crippen molar-refractivity contribution in [1.29, 1.82) is 0 Å². The average molecular weight is 441 g/mol. The van der Waals surface area contributed by atoms with Crippen molar-refractivity contribution < 1.29 is 9.84 Å². The summed E-state index contributed by atoms with van der Waals surface area (Å²) in [5, 5.41) is 8.75. The predicted molar refractivity (Wildman–Crippen MR) is 139 cm³/mol. The normalized spacial score (nSPS) is 11.4. The fourth-order valence-corrected chi connectivity index (χ4v) is 4.41. The van der Waals surface area contributed by atoms with E-state index in [0.29, 0.717) is 6.61 Å². The molecule has 0 radical (unpaired) electrons. The molecule has 0 aliphatic carbocycles. The lowest BCUT2D eigenvalue weighted by atomic mass is 10.0. The van der Waals surface area contributed by atoms with Crippen LogP contribution in [0.1, 0.15) is 167 Å². The van der Waals surface area contributed by atoms with Gasteiger partial charge in [-0.25, -0.2) is 0 Å². The van der Waals surface area contributed by atoms with Crippen molar-refractivity contribution in [3.8, 4) is 0 Å². The van der Waals surface area contributed by atoms with Crippen LogP contribution < -0.4 is 0 Å². The van der Waals surface area contributed by atoms with Gasteiger partial charge < -0.3 is 9.84 Å². The summed E-state index contributed by atoms with van der Waals surface area (Å²) in [6, 6.07) is 0. The van der Waals surface area contributed by atoms with E-state index in [1.165, 1.54) is 154 Å². The molecule has 0 saturated carbocycles. The first kappa shape index (κ1) is 30.9. The molecule has 0 amide bonds. The maximum Gasteiger partial charge on any atom is 0.0466 e. The number of unbranched alkanes of at least 4 members (excludes halogenated alkanes) is 23. The fourth-order valence-electron chi connectivity index (χ4n) is 4.41. The average Bonchev–Trinajstić information content (AvgIpc) is 2.78. The lowest BCUT2D eigenvalue weighted by Gasteiger charge is -2.05. The molecule has 2 nitrogen and oxygen atoms in total. The Bertz CT molecular complexity index is 264. The first-order valence-corrected chi connectivity index (χ1v) is 14.6. The highest BCUT2D eigenvalue weighted by molar-refractivity contribution is 4.50. The third-order valence-corrected chi connectivity index (χ3v) is 6.59. The van der Waals surface area contributed by atoms with E-state index in [1.807, 2.05) is 0 Å². The highest BCUT2D eigenvalue weighted by Gasteiger charge is 1.96. The van der Waals surface area contributed by atoms with Gasteiger partial charge in [0, 0.05) is 19.8 Å². The molecule has 0 spiro atoms. The van der Waals surface area contributed by atoms with Crippen molar-refractivity contribution in [2.75, 3.05) is 19.8 Å². The lowest BCUT2D eigenvalue weighted by Crippen LogP contribution is -1.97. The molecule has 188 valence electrons. The van der Waals surface area contributed by atoms with E-state index in [2.05, 4.69) is 6.92 Å². The van der Waals surface area contributed by atoms with Crippen LogP contribution in [0.5, 0.6) is 0 Å². The van der Waals surface area contributed by atoms with Crippen LogP contribution in [0.3, 0.4) is 0 Å². The second kappa shape index (κ2) is 29.9. The number of hydrogen-bond acceptors (Lipinski definition) is 2. The molecule has 0 saturated heterocycles. The van der Waals surface area contributed by atoms with Gasteiger partial charge >= 0.3 is 0 Å². The number of aliphatic hydroxyl groups is 1. The van der Waals surface area contributed by atoms with E-state index in [4.69, 9.17) is 9.84 Å². The van der Waals surface area contributed by atoms with Gasteiger partial charge in [0.05, 0.1) is 0 Å². The summed E-state index contributed by atoms with van der Waals surface area (Å²) in [5.74, 6) is 0. The van der Waals surface area contributed by atoms with Crippen LogP contribution >= 0.6 is 0 Å². The smallest absolute Gasteiger partial charge is 0.0466 e. The monoisotopic (exact) mass is 440 g/mol. The van der Waals surface area contributed by atoms with Crippen molar-refractivity contribution >= 4 is 0 Å². The first-order valence-electron chi connectivity index (χ1n) is 14.6. The number of rotatable bonds is 28. The SMILES string of the molecule is CCCCCCCCCCCCCCCOCCCCCCCCCCCCCCO. The van der Waals surface area contributed by atoms with Gasteiger partial charge in [0.25, 0.3) is 0 Å². The summed E-state index contributed by atoms with van der Waals surface area (Å²) in [7, 11) is 0. The Morgan fingerprint density at radius 2 is 0.613 bits per heavy atom. The number of aliphatic hydroxyl groups excluding tert-OH is 1. The van der Waals surface area contributed by atoms with Crippen molar-refractivity contribution in [3.63, 3.8) is 0 Å². The molecule has 0 bridgehead atoms. The Balaban J connectivity index is 2.98. The number of hydrogen-bond donors (Lipinski definition) is 1. The van der Waals surface area contributed by atoms with E-state index in [-0.39, 0.29) is 0 Å². The lowest BCUT2D eigenvalue weighted by molar-refractivity contribution is 0.125. The molecule has 0 heterocycles. The van der Waals surface area contributed by atoms with Gasteiger partial charge in [-0.05, 0) is 19.3 Å². The van der Waals surface area contributed by atoms with Crippen molar-refractivity contribution in [2.45, 2.75) is 167 Å². The molecule has 0 atom stereocenters. The minimum atomic E-state index is 0.366. The summed E-state index contributed by atoms with van der Waals surface area (Å²) < 4.78 is 5.82. The Kier molecular flexibility index (Phi) is 29.8. The van der Waals surface area contributed by atoms with E-state index in [1.54, 1.807) is 0 Å². The van der Waals surface area contributed by atoms with Gasteiger partial charge in [0.2, 0.25) is 0 Å². The molecule has 0 fully saturated rings. The summed E-state index contributed by atoms with van der Waals surface area (Å²) in [6.45, 7) is 4.62. The molecule has 0 aromatic carbocycles. The standard InChI is InChI=1S/C29H60O2/c1-2-3-4-5-6-7-8-10-13-16-19-22-25-28-31-29-26-23-20-17-14-11-9-12-15-18-21-24-27-30/h30H,2-29H2,1H3. The maximum absolute atomic E-state index is 8.75. The fraction of sp³-hybridized carbons (Fsp3) is 1.00. The van der Waals surface area contributed by atoms with Crippen molar-refractivity contribution in [1.82, 2.24) is 0 Å². The molecule has 2 heteroatoms. The quantitative estimate of drug-likeness (QED) is 0.123. The minimum absolute atomic E-state index is 0.366. The van der Waals surface area contributed by atoms with Crippen LogP contribution in [0.4, 0.5) is 0 Å². The van der Waals surface area contributed by atoms with Crippen LogP contribution in [0.25, 0.3) is 0 Å². The third-order valence-electron chi connectivity index (χ3n) is 6.59. The van der Waals surface area contributed by atoms with E-state index >= 15 is 0 Å². The molecule has 0 aliphatic heterocycles. The molecule has 0 aromatic heterocycles. The molecule has 0 unspecified atom stereocenters. The molecular weight excluding hydrogens is 380 g/mol.